The molecule has 0 amide bonds. The van der Waals surface area contributed by atoms with E-state index in [9.17, 15) is 5.11 Å². The zero-order valence-electron chi connectivity index (χ0n) is 14.1. The predicted molar refractivity (Wildman–Crippen MR) is 101 cm³/mol. The van der Waals surface area contributed by atoms with Crippen LogP contribution in [-0.4, -0.2) is 25.4 Å². The standard InChI is InChI=1S/C18H23O4PS/c1-4-21-23(22-5-2)24-18(14-10-6-8-12-16(14)19)15-11-7-9-13-17(15)20-3/h6-13,18-19H,4-5H2,1-3H3. The van der Waals surface area contributed by atoms with Gasteiger partial charge in [0.25, 0.3) is 0 Å². The van der Waals surface area contributed by atoms with Crippen LogP contribution in [0.1, 0.15) is 30.2 Å². The quantitative estimate of drug-likeness (QED) is 0.592. The SMILES string of the molecule is CCOP(OCC)SC(c1ccccc1O)c1ccccc1OC. The van der Waals surface area contributed by atoms with Crippen LogP contribution in [0.5, 0.6) is 11.5 Å². The van der Waals surface area contributed by atoms with Crippen molar-refractivity contribution < 1.29 is 18.9 Å². The highest BCUT2D eigenvalue weighted by Gasteiger charge is 2.26. The summed E-state index contributed by atoms with van der Waals surface area (Å²) in [5.74, 6) is 1.03. The normalized spacial score (nSPS) is 12.3. The van der Waals surface area contributed by atoms with E-state index in [2.05, 4.69) is 0 Å². The Bertz CT molecular complexity index is 632. The van der Waals surface area contributed by atoms with Crippen molar-refractivity contribution in [1.82, 2.24) is 0 Å². The van der Waals surface area contributed by atoms with Gasteiger partial charge in [0.1, 0.15) is 11.5 Å². The second-order valence-electron chi connectivity index (χ2n) is 4.85. The first-order chi connectivity index (χ1) is 11.7. The molecule has 0 bridgehead atoms. The third kappa shape index (κ3) is 4.87. The lowest BCUT2D eigenvalue weighted by molar-refractivity contribution is 0.283. The summed E-state index contributed by atoms with van der Waals surface area (Å²) in [7, 11) is 0.525. The average molecular weight is 366 g/mol. The van der Waals surface area contributed by atoms with E-state index in [-0.39, 0.29) is 11.0 Å². The molecule has 0 aliphatic rings. The maximum atomic E-state index is 10.3. The summed E-state index contributed by atoms with van der Waals surface area (Å²) in [4.78, 5) is 0. The molecule has 0 fully saturated rings. The fourth-order valence-electron chi connectivity index (χ4n) is 2.27. The van der Waals surface area contributed by atoms with Gasteiger partial charge in [-0.15, -0.1) is 0 Å². The van der Waals surface area contributed by atoms with E-state index in [1.54, 1.807) is 24.6 Å². The number of hydrogen-bond donors (Lipinski definition) is 1. The first kappa shape index (κ1) is 19.1. The molecule has 1 N–H and O–H groups in total. The van der Waals surface area contributed by atoms with E-state index in [0.717, 1.165) is 16.9 Å². The number of ether oxygens (including phenoxy) is 1. The minimum absolute atomic E-state index is 0.147. The first-order valence-electron chi connectivity index (χ1n) is 7.84. The molecule has 1 atom stereocenters. The number of methoxy groups -OCH3 is 1. The summed E-state index contributed by atoms with van der Waals surface area (Å²) >= 11 is 1.57. The molecule has 0 aliphatic heterocycles. The zero-order valence-corrected chi connectivity index (χ0v) is 15.8. The molecule has 4 nitrogen and oxygen atoms in total. The van der Waals surface area contributed by atoms with Gasteiger partial charge in [0.2, 0.25) is 7.58 Å². The summed E-state index contributed by atoms with van der Waals surface area (Å²) in [6, 6.07) is 15.2. The third-order valence-electron chi connectivity index (χ3n) is 3.30. The summed E-state index contributed by atoms with van der Waals surface area (Å²) in [6.45, 7) is 5.07. The Morgan fingerprint density at radius 3 is 2.12 bits per heavy atom. The molecule has 1 unspecified atom stereocenters. The van der Waals surface area contributed by atoms with Crippen LogP contribution < -0.4 is 4.74 Å². The van der Waals surface area contributed by atoms with Crippen LogP contribution in [0.2, 0.25) is 0 Å². The van der Waals surface area contributed by atoms with Gasteiger partial charge in [-0.1, -0.05) is 47.8 Å². The molecule has 0 spiro atoms. The first-order valence-corrected chi connectivity index (χ1v) is 10.5. The van der Waals surface area contributed by atoms with Gasteiger partial charge in [-0.2, -0.15) is 0 Å². The van der Waals surface area contributed by atoms with E-state index in [4.69, 9.17) is 13.8 Å². The molecule has 0 saturated carbocycles. The van der Waals surface area contributed by atoms with E-state index in [1.807, 2.05) is 56.3 Å². The average Bonchev–Trinajstić information content (AvgIpc) is 2.61. The smallest absolute Gasteiger partial charge is 0.238 e. The Balaban J connectivity index is 2.43. The lowest BCUT2D eigenvalue weighted by atomic mass is 10.0. The Morgan fingerprint density at radius 1 is 0.958 bits per heavy atom. The number of hydrogen-bond acceptors (Lipinski definition) is 5. The number of phenolic OH excluding ortho intramolecular Hbond substituents is 1. The monoisotopic (exact) mass is 366 g/mol. The van der Waals surface area contributed by atoms with Crippen molar-refractivity contribution in [2.45, 2.75) is 19.1 Å². The minimum atomic E-state index is -1.13. The lowest BCUT2D eigenvalue weighted by Crippen LogP contribution is -2.01. The molecular formula is C18H23O4PS. The van der Waals surface area contributed by atoms with Crippen LogP contribution in [-0.2, 0) is 9.05 Å². The Kier molecular flexibility index (Phi) is 7.86. The second-order valence-corrected chi connectivity index (χ2v) is 8.02. The second kappa shape index (κ2) is 9.90. The van der Waals surface area contributed by atoms with Crippen LogP contribution >= 0.6 is 19.0 Å². The van der Waals surface area contributed by atoms with Crippen molar-refractivity contribution in [1.29, 1.82) is 0 Å². The fraction of sp³-hybridized carbons (Fsp3) is 0.333. The number of aromatic hydroxyl groups is 1. The molecule has 2 aromatic rings. The minimum Gasteiger partial charge on any atom is -0.508 e. The molecule has 24 heavy (non-hydrogen) atoms. The molecule has 0 heterocycles. The van der Waals surface area contributed by atoms with Crippen molar-refractivity contribution in [2.75, 3.05) is 20.3 Å². The number of benzene rings is 2. The van der Waals surface area contributed by atoms with Gasteiger partial charge in [0, 0.05) is 11.1 Å². The van der Waals surface area contributed by atoms with Crippen molar-refractivity contribution in [3.05, 3.63) is 59.7 Å². The van der Waals surface area contributed by atoms with Gasteiger partial charge < -0.3 is 18.9 Å². The van der Waals surface area contributed by atoms with Gasteiger partial charge in [-0.05, 0) is 26.0 Å². The summed E-state index contributed by atoms with van der Waals surface area (Å²) < 4.78 is 17.0. The van der Waals surface area contributed by atoms with Gasteiger partial charge in [-0.25, -0.2) is 0 Å². The summed E-state index contributed by atoms with van der Waals surface area (Å²) in [5.41, 5.74) is 1.80. The van der Waals surface area contributed by atoms with Crippen LogP contribution in [0, 0.1) is 0 Å². The van der Waals surface area contributed by atoms with E-state index in [0.29, 0.717) is 13.2 Å². The number of phenols is 1. The van der Waals surface area contributed by atoms with Gasteiger partial charge in [0.15, 0.2) is 0 Å². The molecule has 0 radical (unpaired) electrons. The predicted octanol–water partition coefficient (Wildman–Crippen LogP) is 5.52. The molecule has 2 aromatic carbocycles. The third-order valence-corrected chi connectivity index (χ3v) is 6.91. The van der Waals surface area contributed by atoms with Gasteiger partial charge in [0.05, 0.1) is 25.6 Å². The molecule has 130 valence electrons. The maximum Gasteiger partial charge on any atom is 0.238 e. The van der Waals surface area contributed by atoms with Crippen LogP contribution in [0.15, 0.2) is 48.5 Å². The number of para-hydroxylation sites is 2. The molecule has 2 rings (SSSR count). The lowest BCUT2D eigenvalue weighted by Gasteiger charge is -2.24. The largest absolute Gasteiger partial charge is 0.508 e. The highest BCUT2D eigenvalue weighted by molar-refractivity contribution is 8.53. The van der Waals surface area contributed by atoms with E-state index in [1.165, 1.54) is 0 Å². The fourth-order valence-corrected chi connectivity index (χ4v) is 5.87. The van der Waals surface area contributed by atoms with Crippen molar-refractivity contribution in [2.24, 2.45) is 0 Å². The molecule has 0 aromatic heterocycles. The Labute approximate surface area is 148 Å². The zero-order chi connectivity index (χ0) is 17.4. The van der Waals surface area contributed by atoms with Crippen molar-refractivity contribution in [3.8, 4) is 11.5 Å². The number of rotatable bonds is 9. The van der Waals surface area contributed by atoms with Gasteiger partial charge >= 0.3 is 0 Å². The van der Waals surface area contributed by atoms with E-state index >= 15 is 0 Å². The van der Waals surface area contributed by atoms with Crippen LogP contribution in [0.3, 0.4) is 0 Å². The Morgan fingerprint density at radius 2 is 1.54 bits per heavy atom. The van der Waals surface area contributed by atoms with Gasteiger partial charge in [-0.3, -0.25) is 0 Å². The Hall–Kier alpha value is -1.26. The van der Waals surface area contributed by atoms with Crippen LogP contribution in [0.4, 0.5) is 0 Å². The summed E-state index contributed by atoms with van der Waals surface area (Å²) in [5, 5.41) is 10.2. The van der Waals surface area contributed by atoms with E-state index < -0.39 is 7.58 Å². The van der Waals surface area contributed by atoms with Crippen molar-refractivity contribution >= 4 is 19.0 Å². The molecule has 6 heteroatoms. The topological polar surface area (TPSA) is 47.9 Å². The highest BCUT2D eigenvalue weighted by Crippen LogP contribution is 2.61. The molecule has 0 saturated heterocycles. The molecule has 0 aliphatic carbocycles. The maximum absolute atomic E-state index is 10.3. The summed E-state index contributed by atoms with van der Waals surface area (Å²) in [6.07, 6.45) is 0. The van der Waals surface area contributed by atoms with Crippen LogP contribution in [0.25, 0.3) is 0 Å². The van der Waals surface area contributed by atoms with Crippen molar-refractivity contribution in [3.63, 3.8) is 0 Å². The molecular weight excluding hydrogens is 343 g/mol. The highest BCUT2D eigenvalue weighted by atomic mass is 32.7.